The number of hydrogen-bond donors (Lipinski definition) is 1. The Bertz CT molecular complexity index is 893. The van der Waals surface area contributed by atoms with Gasteiger partial charge in [0.25, 0.3) is 5.91 Å². The van der Waals surface area contributed by atoms with Gasteiger partial charge in [-0.05, 0) is 68.2 Å². The summed E-state index contributed by atoms with van der Waals surface area (Å²) in [5.74, 6) is 0.803. The molecule has 154 valence electrons. The van der Waals surface area contributed by atoms with Crippen molar-refractivity contribution in [3.8, 4) is 0 Å². The van der Waals surface area contributed by atoms with Crippen LogP contribution in [0, 0.1) is 11.8 Å². The van der Waals surface area contributed by atoms with Gasteiger partial charge in [-0.25, -0.2) is 0 Å². The summed E-state index contributed by atoms with van der Waals surface area (Å²) in [4.78, 5) is 28.2. The van der Waals surface area contributed by atoms with E-state index in [1.54, 1.807) is 0 Å². The number of likely N-dealkylation sites (tertiary alicyclic amines) is 1. The average Bonchev–Trinajstić information content (AvgIpc) is 2.75. The molecule has 1 aliphatic carbocycles. The fourth-order valence-corrected chi connectivity index (χ4v) is 4.88. The van der Waals surface area contributed by atoms with E-state index in [1.165, 1.54) is 12.8 Å². The number of benzene rings is 2. The molecular formula is C25H32N2O2. The maximum atomic E-state index is 13.3. The highest BCUT2D eigenvalue weighted by atomic mass is 16.2. The highest BCUT2D eigenvalue weighted by molar-refractivity contribution is 6.07. The second-order valence-electron chi connectivity index (χ2n) is 9.35. The molecule has 0 bridgehead atoms. The third kappa shape index (κ3) is 4.31. The van der Waals surface area contributed by atoms with Crippen LogP contribution in [0.15, 0.2) is 42.5 Å². The first-order chi connectivity index (χ1) is 14.0. The fourth-order valence-electron chi connectivity index (χ4n) is 4.88. The van der Waals surface area contributed by atoms with E-state index < -0.39 is 0 Å². The number of fused-ring (bicyclic) bond motifs is 1. The molecule has 2 aliphatic rings. The minimum atomic E-state index is -0.112. The van der Waals surface area contributed by atoms with E-state index in [9.17, 15) is 9.59 Å². The van der Waals surface area contributed by atoms with Gasteiger partial charge in [0.15, 0.2) is 0 Å². The first-order valence-electron chi connectivity index (χ1n) is 11.0. The Kier molecular flexibility index (Phi) is 5.62. The average molecular weight is 393 g/mol. The lowest BCUT2D eigenvalue weighted by Gasteiger charge is -2.39. The summed E-state index contributed by atoms with van der Waals surface area (Å²) in [5, 5.41) is 5.39. The van der Waals surface area contributed by atoms with E-state index in [4.69, 9.17) is 0 Å². The van der Waals surface area contributed by atoms with Gasteiger partial charge in [0, 0.05) is 24.2 Å². The molecule has 1 saturated carbocycles. The molecule has 0 radical (unpaired) electrons. The van der Waals surface area contributed by atoms with Gasteiger partial charge in [-0.2, -0.15) is 0 Å². The van der Waals surface area contributed by atoms with Crippen molar-refractivity contribution >= 4 is 22.6 Å². The molecule has 4 nitrogen and oxygen atoms in total. The molecule has 1 heterocycles. The molecule has 2 fully saturated rings. The zero-order chi connectivity index (χ0) is 20.4. The van der Waals surface area contributed by atoms with Gasteiger partial charge in [-0.15, -0.1) is 0 Å². The minimum absolute atomic E-state index is 0.0389. The van der Waals surface area contributed by atoms with Gasteiger partial charge in [0.1, 0.15) is 0 Å². The van der Waals surface area contributed by atoms with Crippen LogP contribution in [0.3, 0.4) is 0 Å². The Morgan fingerprint density at radius 1 is 1.03 bits per heavy atom. The summed E-state index contributed by atoms with van der Waals surface area (Å²) >= 11 is 0. The predicted octanol–water partition coefficient (Wildman–Crippen LogP) is 4.78. The lowest BCUT2D eigenvalue weighted by atomic mass is 9.78. The summed E-state index contributed by atoms with van der Waals surface area (Å²) in [6.07, 6.45) is 6.18. The van der Waals surface area contributed by atoms with Crippen LogP contribution in [0.1, 0.15) is 62.7 Å². The van der Waals surface area contributed by atoms with E-state index >= 15 is 0 Å². The van der Waals surface area contributed by atoms with Gasteiger partial charge in [0.2, 0.25) is 5.91 Å². The van der Waals surface area contributed by atoms with Crippen LogP contribution in [0.4, 0.5) is 0 Å². The molecule has 2 aromatic rings. The number of nitrogens with one attached hydrogen (secondary N) is 1. The summed E-state index contributed by atoms with van der Waals surface area (Å²) in [6, 6.07) is 13.9. The van der Waals surface area contributed by atoms with Crippen LogP contribution < -0.4 is 5.32 Å². The molecule has 1 atom stereocenters. The van der Waals surface area contributed by atoms with Crippen molar-refractivity contribution in [2.24, 2.45) is 11.8 Å². The van der Waals surface area contributed by atoms with Crippen LogP contribution in [0.25, 0.3) is 10.8 Å². The number of carbonyl (C=O) groups excluding carboxylic acids is 2. The van der Waals surface area contributed by atoms with Crippen molar-refractivity contribution in [2.75, 3.05) is 13.1 Å². The Hall–Kier alpha value is -2.36. The highest BCUT2D eigenvalue weighted by Crippen LogP contribution is 2.32. The van der Waals surface area contributed by atoms with Crippen molar-refractivity contribution < 1.29 is 9.59 Å². The minimum Gasteiger partial charge on any atom is -0.351 e. The largest absolute Gasteiger partial charge is 0.351 e. The van der Waals surface area contributed by atoms with Crippen LogP contribution in [-0.2, 0) is 4.79 Å². The number of amides is 2. The zero-order valence-corrected chi connectivity index (χ0v) is 17.6. The van der Waals surface area contributed by atoms with Crippen LogP contribution in [-0.4, -0.2) is 35.3 Å². The van der Waals surface area contributed by atoms with E-state index in [2.05, 4.69) is 19.2 Å². The fraction of sp³-hybridized carbons (Fsp3) is 0.520. The van der Waals surface area contributed by atoms with Crippen LogP contribution in [0.2, 0.25) is 0 Å². The smallest absolute Gasteiger partial charge is 0.254 e. The van der Waals surface area contributed by atoms with E-state index in [1.807, 2.05) is 47.4 Å². The number of carbonyl (C=O) groups is 2. The lowest BCUT2D eigenvalue weighted by Crippen LogP contribution is -2.53. The number of nitrogens with zero attached hydrogens (tertiary/aromatic N) is 1. The Morgan fingerprint density at radius 3 is 2.55 bits per heavy atom. The maximum Gasteiger partial charge on any atom is 0.254 e. The second-order valence-corrected chi connectivity index (χ2v) is 9.35. The van der Waals surface area contributed by atoms with Crippen molar-refractivity contribution in [3.63, 3.8) is 0 Å². The SMILES string of the molecule is CC1CCC(C)(NC(=O)C2CCCN(C(=O)c3cccc4ccccc34)C2)CC1. The summed E-state index contributed by atoms with van der Waals surface area (Å²) in [6.45, 7) is 5.71. The number of rotatable bonds is 3. The molecule has 2 aromatic carbocycles. The van der Waals surface area contributed by atoms with Gasteiger partial charge < -0.3 is 10.2 Å². The molecule has 4 rings (SSSR count). The number of piperidine rings is 1. The molecule has 1 aliphatic heterocycles. The summed E-state index contributed by atoms with van der Waals surface area (Å²) in [7, 11) is 0. The number of hydrogen-bond acceptors (Lipinski definition) is 2. The van der Waals surface area contributed by atoms with Gasteiger partial charge >= 0.3 is 0 Å². The molecular weight excluding hydrogens is 360 g/mol. The molecule has 0 spiro atoms. The lowest BCUT2D eigenvalue weighted by molar-refractivity contribution is -0.128. The standard InChI is InChI=1S/C25H32N2O2/c1-18-12-14-25(2,15-13-18)26-23(28)20-9-6-16-27(17-20)24(29)22-11-5-8-19-7-3-4-10-21(19)22/h3-5,7-8,10-11,18,20H,6,9,12-17H2,1-2H3,(H,26,28). The van der Waals surface area contributed by atoms with Gasteiger partial charge in [0.05, 0.1) is 5.92 Å². The van der Waals surface area contributed by atoms with Crippen LogP contribution >= 0.6 is 0 Å². The van der Waals surface area contributed by atoms with Gasteiger partial charge in [-0.3, -0.25) is 9.59 Å². The molecule has 2 amide bonds. The summed E-state index contributed by atoms with van der Waals surface area (Å²) in [5.41, 5.74) is 0.642. The third-order valence-corrected chi connectivity index (χ3v) is 6.90. The predicted molar refractivity (Wildman–Crippen MR) is 117 cm³/mol. The monoisotopic (exact) mass is 392 g/mol. The van der Waals surface area contributed by atoms with Crippen molar-refractivity contribution in [1.29, 1.82) is 0 Å². The summed E-state index contributed by atoms with van der Waals surface area (Å²) < 4.78 is 0. The maximum absolute atomic E-state index is 13.3. The molecule has 0 aromatic heterocycles. The second kappa shape index (κ2) is 8.17. The Balaban J connectivity index is 1.45. The first kappa shape index (κ1) is 19.9. The zero-order valence-electron chi connectivity index (χ0n) is 17.6. The molecule has 4 heteroatoms. The van der Waals surface area contributed by atoms with E-state index in [-0.39, 0.29) is 23.3 Å². The Morgan fingerprint density at radius 2 is 1.76 bits per heavy atom. The van der Waals surface area contributed by atoms with E-state index in [0.717, 1.165) is 54.5 Å². The van der Waals surface area contributed by atoms with E-state index in [0.29, 0.717) is 6.54 Å². The molecule has 29 heavy (non-hydrogen) atoms. The van der Waals surface area contributed by atoms with Crippen molar-refractivity contribution in [1.82, 2.24) is 10.2 Å². The normalized spacial score (nSPS) is 27.6. The van der Waals surface area contributed by atoms with Gasteiger partial charge in [-0.1, -0.05) is 43.3 Å². The Labute approximate surface area is 173 Å². The highest BCUT2D eigenvalue weighted by Gasteiger charge is 2.35. The quantitative estimate of drug-likeness (QED) is 0.817. The molecule has 1 saturated heterocycles. The molecule has 1 unspecified atom stereocenters. The topological polar surface area (TPSA) is 49.4 Å². The third-order valence-electron chi connectivity index (χ3n) is 6.90. The molecule has 1 N–H and O–H groups in total. The van der Waals surface area contributed by atoms with Crippen molar-refractivity contribution in [3.05, 3.63) is 48.0 Å². The van der Waals surface area contributed by atoms with Crippen molar-refractivity contribution in [2.45, 2.75) is 57.9 Å². The van der Waals surface area contributed by atoms with Crippen LogP contribution in [0.5, 0.6) is 0 Å². The first-order valence-corrected chi connectivity index (χ1v) is 11.0.